The highest BCUT2D eigenvalue weighted by molar-refractivity contribution is 5.96. The molecule has 0 bridgehead atoms. The number of hydrogen-bond acceptors (Lipinski definition) is 3. The SMILES string of the molecule is COc1ccc(NC(C)C(=O)Nc2ccc(C(F)(F)F)cc2)cc1. The van der Waals surface area contributed by atoms with Gasteiger partial charge >= 0.3 is 6.18 Å². The Bertz CT molecular complexity index is 682. The maximum atomic E-state index is 12.5. The second kappa shape index (κ2) is 7.25. The molecule has 2 N–H and O–H groups in total. The van der Waals surface area contributed by atoms with E-state index >= 15 is 0 Å². The van der Waals surface area contributed by atoms with Crippen molar-refractivity contribution in [2.45, 2.75) is 19.1 Å². The van der Waals surface area contributed by atoms with Crippen LogP contribution < -0.4 is 15.4 Å². The zero-order valence-electron chi connectivity index (χ0n) is 13.1. The van der Waals surface area contributed by atoms with Gasteiger partial charge in [-0.1, -0.05) is 0 Å². The minimum Gasteiger partial charge on any atom is -0.497 e. The van der Waals surface area contributed by atoms with Crippen molar-refractivity contribution in [1.82, 2.24) is 0 Å². The Balaban J connectivity index is 1.95. The number of amides is 1. The maximum Gasteiger partial charge on any atom is 0.416 e. The monoisotopic (exact) mass is 338 g/mol. The molecule has 4 nitrogen and oxygen atoms in total. The van der Waals surface area contributed by atoms with Gasteiger partial charge in [0.1, 0.15) is 11.8 Å². The summed E-state index contributed by atoms with van der Waals surface area (Å²) in [5.41, 5.74) is 0.271. The molecule has 128 valence electrons. The summed E-state index contributed by atoms with van der Waals surface area (Å²) < 4.78 is 42.5. The van der Waals surface area contributed by atoms with Gasteiger partial charge in [0.2, 0.25) is 5.91 Å². The molecule has 0 radical (unpaired) electrons. The minimum atomic E-state index is -4.40. The summed E-state index contributed by atoms with van der Waals surface area (Å²) in [7, 11) is 1.56. The molecule has 2 aromatic carbocycles. The second-order valence-electron chi connectivity index (χ2n) is 5.16. The number of nitrogens with one attached hydrogen (secondary N) is 2. The molecule has 0 heterocycles. The molecule has 7 heteroatoms. The predicted octanol–water partition coefficient (Wildman–Crippen LogP) is 4.15. The lowest BCUT2D eigenvalue weighted by Crippen LogP contribution is -2.31. The van der Waals surface area contributed by atoms with Crippen LogP contribution in [-0.2, 0) is 11.0 Å². The van der Waals surface area contributed by atoms with Gasteiger partial charge in [-0.2, -0.15) is 13.2 Å². The highest BCUT2D eigenvalue weighted by atomic mass is 19.4. The van der Waals surface area contributed by atoms with Gasteiger partial charge in [0.25, 0.3) is 0 Å². The van der Waals surface area contributed by atoms with Crippen LogP contribution >= 0.6 is 0 Å². The van der Waals surface area contributed by atoms with Crippen LogP contribution in [0.25, 0.3) is 0 Å². The molecule has 2 aromatic rings. The van der Waals surface area contributed by atoms with Crippen molar-refractivity contribution in [3.8, 4) is 5.75 Å². The zero-order valence-corrected chi connectivity index (χ0v) is 13.1. The molecule has 0 saturated heterocycles. The van der Waals surface area contributed by atoms with Gasteiger partial charge in [-0.05, 0) is 55.5 Å². The van der Waals surface area contributed by atoms with Crippen molar-refractivity contribution in [3.05, 3.63) is 54.1 Å². The summed E-state index contributed by atoms with van der Waals surface area (Å²) >= 11 is 0. The fraction of sp³-hybridized carbons (Fsp3) is 0.235. The van der Waals surface area contributed by atoms with Crippen LogP contribution in [-0.4, -0.2) is 19.1 Å². The van der Waals surface area contributed by atoms with Crippen molar-refractivity contribution in [2.24, 2.45) is 0 Å². The first-order valence-electron chi connectivity index (χ1n) is 7.18. The molecule has 0 saturated carbocycles. The number of benzene rings is 2. The van der Waals surface area contributed by atoms with Crippen molar-refractivity contribution < 1.29 is 22.7 Å². The van der Waals surface area contributed by atoms with Gasteiger partial charge in [0.15, 0.2) is 0 Å². The van der Waals surface area contributed by atoms with Crippen LogP contribution in [0.2, 0.25) is 0 Å². The summed E-state index contributed by atoms with van der Waals surface area (Å²) in [6.07, 6.45) is -4.40. The third-order valence-corrected chi connectivity index (χ3v) is 3.35. The van der Waals surface area contributed by atoms with Crippen LogP contribution in [0.4, 0.5) is 24.5 Å². The number of methoxy groups -OCH3 is 1. The summed E-state index contributed by atoms with van der Waals surface area (Å²) in [6.45, 7) is 1.66. The smallest absolute Gasteiger partial charge is 0.416 e. The maximum absolute atomic E-state index is 12.5. The summed E-state index contributed by atoms with van der Waals surface area (Å²) in [4.78, 5) is 12.1. The fourth-order valence-corrected chi connectivity index (χ4v) is 2.00. The molecular formula is C17H17F3N2O2. The average Bonchev–Trinajstić information content (AvgIpc) is 2.55. The lowest BCUT2D eigenvalue weighted by atomic mass is 10.2. The summed E-state index contributed by atoms with van der Waals surface area (Å²) in [5, 5.41) is 5.57. The lowest BCUT2D eigenvalue weighted by molar-refractivity contribution is -0.137. The molecule has 0 aliphatic rings. The van der Waals surface area contributed by atoms with E-state index in [-0.39, 0.29) is 5.91 Å². The molecule has 2 rings (SSSR count). The molecule has 24 heavy (non-hydrogen) atoms. The Morgan fingerprint density at radius 1 is 1.00 bits per heavy atom. The minimum absolute atomic E-state index is 0.302. The standard InChI is InChI=1S/C17H17F3N2O2/c1-11(21-13-7-9-15(24-2)10-8-13)16(23)22-14-5-3-12(4-6-14)17(18,19)20/h3-11,21H,1-2H3,(H,22,23). The van der Waals surface area contributed by atoms with E-state index in [0.29, 0.717) is 11.4 Å². The van der Waals surface area contributed by atoms with E-state index in [2.05, 4.69) is 10.6 Å². The van der Waals surface area contributed by atoms with Crippen LogP contribution in [0.5, 0.6) is 5.75 Å². The first kappa shape index (κ1) is 17.7. The van der Waals surface area contributed by atoms with Crippen molar-refractivity contribution in [2.75, 3.05) is 17.7 Å². The van der Waals surface area contributed by atoms with Gasteiger partial charge in [0, 0.05) is 11.4 Å². The lowest BCUT2D eigenvalue weighted by Gasteiger charge is -2.16. The third-order valence-electron chi connectivity index (χ3n) is 3.35. The van der Waals surface area contributed by atoms with E-state index < -0.39 is 17.8 Å². The number of halogens is 3. The van der Waals surface area contributed by atoms with E-state index in [1.807, 2.05) is 0 Å². The number of hydrogen-bond donors (Lipinski definition) is 2. The van der Waals surface area contributed by atoms with Gasteiger partial charge < -0.3 is 15.4 Å². The van der Waals surface area contributed by atoms with Crippen LogP contribution in [0, 0.1) is 0 Å². The number of alkyl halides is 3. The van der Waals surface area contributed by atoms with Gasteiger partial charge in [0.05, 0.1) is 12.7 Å². The molecule has 1 amide bonds. The molecule has 1 atom stereocenters. The predicted molar refractivity (Wildman–Crippen MR) is 86.2 cm³/mol. The van der Waals surface area contributed by atoms with Crippen molar-refractivity contribution >= 4 is 17.3 Å². The van der Waals surface area contributed by atoms with E-state index in [1.54, 1.807) is 38.3 Å². The van der Waals surface area contributed by atoms with Crippen molar-refractivity contribution in [1.29, 1.82) is 0 Å². The number of anilines is 2. The normalized spacial score (nSPS) is 12.4. The second-order valence-corrected chi connectivity index (χ2v) is 5.16. The highest BCUT2D eigenvalue weighted by Crippen LogP contribution is 2.29. The quantitative estimate of drug-likeness (QED) is 0.861. The molecule has 0 aliphatic heterocycles. The van der Waals surface area contributed by atoms with Gasteiger partial charge in [-0.25, -0.2) is 0 Å². The topological polar surface area (TPSA) is 50.4 Å². The Kier molecular flexibility index (Phi) is 5.33. The first-order chi connectivity index (χ1) is 11.3. The van der Waals surface area contributed by atoms with Crippen LogP contribution in [0.1, 0.15) is 12.5 Å². The third kappa shape index (κ3) is 4.65. The molecule has 0 aliphatic carbocycles. The Morgan fingerprint density at radius 2 is 1.54 bits per heavy atom. The summed E-state index contributed by atoms with van der Waals surface area (Å²) in [5.74, 6) is 0.341. The van der Waals surface area contributed by atoms with E-state index in [1.165, 1.54) is 12.1 Å². The Hall–Kier alpha value is -2.70. The molecule has 0 aromatic heterocycles. The average molecular weight is 338 g/mol. The summed E-state index contributed by atoms with van der Waals surface area (Å²) in [6, 6.07) is 10.8. The van der Waals surface area contributed by atoms with E-state index in [9.17, 15) is 18.0 Å². The molecule has 0 fully saturated rings. The highest BCUT2D eigenvalue weighted by Gasteiger charge is 2.30. The zero-order chi connectivity index (χ0) is 17.7. The number of rotatable bonds is 5. The Labute approximate surface area is 137 Å². The molecular weight excluding hydrogens is 321 g/mol. The Morgan fingerprint density at radius 3 is 2.04 bits per heavy atom. The number of carbonyl (C=O) groups is 1. The molecule has 1 unspecified atom stereocenters. The van der Waals surface area contributed by atoms with Gasteiger partial charge in [-0.3, -0.25) is 4.79 Å². The number of carbonyl (C=O) groups excluding carboxylic acids is 1. The number of ether oxygens (including phenoxy) is 1. The fourth-order valence-electron chi connectivity index (χ4n) is 2.00. The first-order valence-corrected chi connectivity index (χ1v) is 7.18. The van der Waals surface area contributed by atoms with Crippen molar-refractivity contribution in [3.63, 3.8) is 0 Å². The van der Waals surface area contributed by atoms with Gasteiger partial charge in [-0.15, -0.1) is 0 Å². The largest absolute Gasteiger partial charge is 0.497 e. The van der Waals surface area contributed by atoms with Crippen LogP contribution in [0.15, 0.2) is 48.5 Å². The van der Waals surface area contributed by atoms with E-state index in [0.717, 1.165) is 17.8 Å². The van der Waals surface area contributed by atoms with Crippen LogP contribution in [0.3, 0.4) is 0 Å². The van der Waals surface area contributed by atoms with E-state index in [4.69, 9.17) is 4.74 Å². The molecule has 0 spiro atoms.